The van der Waals surface area contributed by atoms with Gasteiger partial charge in [-0.25, -0.2) is 0 Å². The van der Waals surface area contributed by atoms with E-state index in [4.69, 9.17) is 16.3 Å². The first-order valence-corrected chi connectivity index (χ1v) is 10.1. The molecule has 1 aromatic rings. The smallest absolute Gasteiger partial charge is 0.258 e. The molecule has 2 saturated carbocycles. The normalized spacial score (nSPS) is 26.2. The first kappa shape index (κ1) is 20.0. The zero-order valence-electron chi connectivity index (χ0n) is 16.3. The van der Waals surface area contributed by atoms with Crippen molar-refractivity contribution in [3.8, 4) is 5.75 Å². The monoisotopic (exact) mass is 392 g/mol. The molecule has 5 nitrogen and oxygen atoms in total. The fourth-order valence-electron chi connectivity index (χ4n) is 3.81. The lowest BCUT2D eigenvalue weighted by Crippen LogP contribution is -2.41. The summed E-state index contributed by atoms with van der Waals surface area (Å²) in [6.45, 7) is 6.41. The molecule has 4 atom stereocenters. The van der Waals surface area contributed by atoms with Crippen LogP contribution in [0, 0.1) is 17.3 Å². The van der Waals surface area contributed by atoms with Crippen molar-refractivity contribution in [2.75, 3.05) is 6.61 Å². The fraction of sp³-hybridized carbons (Fsp3) is 0.619. The summed E-state index contributed by atoms with van der Waals surface area (Å²) >= 11 is 5.84. The number of fused-ring (bicyclic) bond motifs is 1. The van der Waals surface area contributed by atoms with Crippen LogP contribution in [0.25, 0.3) is 0 Å². The second-order valence-electron chi connectivity index (χ2n) is 8.95. The van der Waals surface area contributed by atoms with E-state index >= 15 is 0 Å². The van der Waals surface area contributed by atoms with Gasteiger partial charge in [0, 0.05) is 23.5 Å². The molecule has 0 bridgehead atoms. The number of rotatable bonds is 7. The Labute approximate surface area is 166 Å². The second-order valence-corrected chi connectivity index (χ2v) is 9.39. The molecule has 2 amide bonds. The van der Waals surface area contributed by atoms with Crippen LogP contribution in [0.2, 0.25) is 5.02 Å². The number of nitrogens with one attached hydrogen (secondary N) is 2. The largest absolute Gasteiger partial charge is 0.484 e. The van der Waals surface area contributed by atoms with Crippen LogP contribution < -0.4 is 15.4 Å². The summed E-state index contributed by atoms with van der Waals surface area (Å²) in [5, 5.41) is 6.88. The van der Waals surface area contributed by atoms with Gasteiger partial charge in [0.05, 0.1) is 0 Å². The molecule has 0 saturated heterocycles. The van der Waals surface area contributed by atoms with Crippen molar-refractivity contribution in [1.29, 1.82) is 0 Å². The molecular formula is C21H29ClN2O3. The van der Waals surface area contributed by atoms with Gasteiger partial charge in [-0.2, -0.15) is 0 Å². The van der Waals surface area contributed by atoms with E-state index < -0.39 is 0 Å². The Hall–Kier alpha value is -1.75. The van der Waals surface area contributed by atoms with Crippen LogP contribution in [0.3, 0.4) is 0 Å². The lowest BCUT2D eigenvalue weighted by molar-refractivity contribution is -0.123. The number of hydrogen-bond donors (Lipinski definition) is 2. The van der Waals surface area contributed by atoms with Crippen molar-refractivity contribution in [2.24, 2.45) is 17.3 Å². The van der Waals surface area contributed by atoms with E-state index in [-0.39, 0.29) is 35.9 Å². The summed E-state index contributed by atoms with van der Waals surface area (Å²) < 4.78 is 5.50. The van der Waals surface area contributed by atoms with Gasteiger partial charge in [-0.05, 0) is 60.8 Å². The van der Waals surface area contributed by atoms with Gasteiger partial charge in [-0.1, -0.05) is 32.4 Å². The maximum Gasteiger partial charge on any atom is 0.258 e. The molecule has 27 heavy (non-hydrogen) atoms. The maximum atomic E-state index is 12.2. The van der Waals surface area contributed by atoms with Crippen molar-refractivity contribution in [2.45, 2.75) is 58.5 Å². The van der Waals surface area contributed by atoms with E-state index in [0.29, 0.717) is 29.0 Å². The van der Waals surface area contributed by atoms with Gasteiger partial charge in [0.1, 0.15) is 5.75 Å². The highest BCUT2D eigenvalue weighted by molar-refractivity contribution is 6.30. The summed E-state index contributed by atoms with van der Waals surface area (Å²) in [7, 11) is 0. The number of carbonyl (C=O) groups excluding carboxylic acids is 2. The molecule has 0 heterocycles. The third-order valence-electron chi connectivity index (χ3n) is 5.41. The Morgan fingerprint density at radius 3 is 2.22 bits per heavy atom. The zero-order valence-corrected chi connectivity index (χ0v) is 17.0. The third kappa shape index (κ3) is 5.86. The molecule has 2 unspecified atom stereocenters. The van der Waals surface area contributed by atoms with E-state index in [9.17, 15) is 9.59 Å². The van der Waals surface area contributed by atoms with Crippen molar-refractivity contribution >= 4 is 23.4 Å². The van der Waals surface area contributed by atoms with Gasteiger partial charge in [-0.3, -0.25) is 9.59 Å². The number of amides is 2. The molecule has 2 aliphatic carbocycles. The Morgan fingerprint density at radius 1 is 1.04 bits per heavy atom. The molecule has 2 N–H and O–H groups in total. The third-order valence-corrected chi connectivity index (χ3v) is 5.66. The number of carbonyl (C=O) groups is 2. The Bertz CT molecular complexity index is 684. The number of halogens is 1. The second kappa shape index (κ2) is 8.09. The highest BCUT2D eigenvalue weighted by Gasteiger charge is 2.55. The Morgan fingerprint density at radius 2 is 1.63 bits per heavy atom. The highest BCUT2D eigenvalue weighted by atomic mass is 35.5. The first-order chi connectivity index (χ1) is 12.7. The van der Waals surface area contributed by atoms with Crippen LogP contribution in [-0.4, -0.2) is 30.5 Å². The van der Waals surface area contributed by atoms with E-state index in [0.717, 1.165) is 19.3 Å². The highest BCUT2D eigenvalue weighted by Crippen LogP contribution is 2.52. The van der Waals surface area contributed by atoms with Gasteiger partial charge >= 0.3 is 0 Å². The molecule has 0 aromatic heterocycles. The Balaban J connectivity index is 1.40. The van der Waals surface area contributed by atoms with E-state index in [2.05, 4.69) is 31.4 Å². The summed E-state index contributed by atoms with van der Waals surface area (Å²) in [5.41, 5.74) is 0.162. The van der Waals surface area contributed by atoms with Gasteiger partial charge < -0.3 is 15.4 Å². The molecule has 0 spiro atoms. The molecule has 2 fully saturated rings. The minimum atomic E-state index is -0.125. The topological polar surface area (TPSA) is 67.4 Å². The van der Waals surface area contributed by atoms with Crippen LogP contribution in [0.4, 0.5) is 0 Å². The number of ether oxygens (including phenoxy) is 1. The van der Waals surface area contributed by atoms with Crippen LogP contribution in [0.15, 0.2) is 24.3 Å². The van der Waals surface area contributed by atoms with Crippen molar-refractivity contribution in [3.05, 3.63) is 29.3 Å². The number of hydrogen-bond acceptors (Lipinski definition) is 3. The van der Waals surface area contributed by atoms with E-state index in [1.807, 2.05) is 0 Å². The van der Waals surface area contributed by atoms with Gasteiger partial charge in [0.2, 0.25) is 5.91 Å². The number of benzene rings is 1. The summed E-state index contributed by atoms with van der Waals surface area (Å²) in [6, 6.07) is 7.26. The van der Waals surface area contributed by atoms with Crippen LogP contribution in [-0.2, 0) is 9.59 Å². The fourth-order valence-corrected chi connectivity index (χ4v) is 3.94. The van der Waals surface area contributed by atoms with E-state index in [1.165, 1.54) is 0 Å². The maximum absolute atomic E-state index is 12.2. The predicted octanol–water partition coefficient (Wildman–Crippen LogP) is 3.55. The van der Waals surface area contributed by atoms with Crippen LogP contribution >= 0.6 is 11.6 Å². The standard InChI is InChI=1S/C21H29ClN2O3/c1-21(2,3)9-8-19(25)23-17-11-18(16-10-15(16)17)24-20(26)12-27-14-6-4-13(22)5-7-14/h4-7,15-18H,8-12H2,1-3H3,(H,23,25)(H,24,26)/t15?,16?,17-,18+/m1/s1. The molecular weight excluding hydrogens is 364 g/mol. The average Bonchev–Trinajstić information content (AvgIpc) is 3.32. The molecule has 0 radical (unpaired) electrons. The van der Waals surface area contributed by atoms with Crippen molar-refractivity contribution < 1.29 is 14.3 Å². The minimum absolute atomic E-state index is 0.0157. The van der Waals surface area contributed by atoms with Gasteiger partial charge in [-0.15, -0.1) is 0 Å². The molecule has 3 rings (SSSR count). The molecule has 0 aliphatic heterocycles. The SMILES string of the molecule is CC(C)(C)CCC(=O)N[C@@H]1C[C@H](NC(=O)COc2ccc(Cl)cc2)C2CC21. The van der Waals surface area contributed by atoms with Crippen molar-refractivity contribution in [1.82, 2.24) is 10.6 Å². The van der Waals surface area contributed by atoms with Gasteiger partial charge in [0.15, 0.2) is 6.61 Å². The molecule has 1 aromatic carbocycles. The lowest BCUT2D eigenvalue weighted by atomic mass is 9.90. The first-order valence-electron chi connectivity index (χ1n) is 9.68. The summed E-state index contributed by atoms with van der Waals surface area (Å²) in [5.74, 6) is 1.61. The molecule has 148 valence electrons. The lowest BCUT2D eigenvalue weighted by Gasteiger charge is -2.21. The van der Waals surface area contributed by atoms with Crippen LogP contribution in [0.5, 0.6) is 5.75 Å². The average molecular weight is 393 g/mol. The van der Waals surface area contributed by atoms with Gasteiger partial charge in [0.25, 0.3) is 5.91 Å². The zero-order chi connectivity index (χ0) is 19.6. The van der Waals surface area contributed by atoms with Crippen LogP contribution in [0.1, 0.15) is 46.5 Å². The Kier molecular flexibility index (Phi) is 5.99. The van der Waals surface area contributed by atoms with E-state index in [1.54, 1.807) is 24.3 Å². The minimum Gasteiger partial charge on any atom is -0.484 e. The summed E-state index contributed by atoms with van der Waals surface area (Å²) in [6.07, 6.45) is 3.32. The quantitative estimate of drug-likeness (QED) is 0.745. The summed E-state index contributed by atoms with van der Waals surface area (Å²) in [4.78, 5) is 24.4. The predicted molar refractivity (Wildman–Crippen MR) is 106 cm³/mol. The molecule has 2 aliphatic rings. The van der Waals surface area contributed by atoms with Crippen molar-refractivity contribution in [3.63, 3.8) is 0 Å². The molecule has 6 heteroatoms.